The molecule has 0 spiro atoms. The van der Waals surface area contributed by atoms with E-state index in [9.17, 15) is 18.0 Å². The van der Waals surface area contributed by atoms with E-state index in [-0.39, 0.29) is 18.4 Å². The van der Waals surface area contributed by atoms with Crippen LogP contribution in [0.5, 0.6) is 5.75 Å². The third-order valence-corrected chi connectivity index (χ3v) is 7.14. The number of carbonyl (C=O) groups excluding carboxylic acids is 2. The Hall–Kier alpha value is -3.07. The molecular formula is C27H39N3O5S. The van der Waals surface area contributed by atoms with Gasteiger partial charge in [-0.3, -0.25) is 13.9 Å². The fourth-order valence-electron chi connectivity index (χ4n) is 3.84. The predicted molar refractivity (Wildman–Crippen MR) is 144 cm³/mol. The smallest absolute Gasteiger partial charge is 0.244 e. The van der Waals surface area contributed by atoms with Crippen LogP contribution >= 0.6 is 0 Å². The molecule has 0 aromatic heterocycles. The van der Waals surface area contributed by atoms with E-state index >= 15 is 0 Å². The number of benzene rings is 2. The van der Waals surface area contributed by atoms with E-state index in [1.807, 2.05) is 45.0 Å². The minimum absolute atomic E-state index is 0.0548. The third kappa shape index (κ3) is 7.98. The molecule has 9 heteroatoms. The van der Waals surface area contributed by atoms with Crippen molar-refractivity contribution in [2.75, 3.05) is 30.8 Å². The number of sulfonamides is 1. The van der Waals surface area contributed by atoms with Gasteiger partial charge in [-0.15, -0.1) is 0 Å². The first-order valence-electron chi connectivity index (χ1n) is 12.3. The number of unbranched alkanes of at least 4 members (excludes halogenated alkanes) is 1. The van der Waals surface area contributed by atoms with Crippen LogP contribution in [0.1, 0.15) is 57.6 Å². The van der Waals surface area contributed by atoms with Crippen molar-refractivity contribution in [1.82, 2.24) is 10.2 Å². The molecule has 2 aromatic rings. The molecule has 2 rings (SSSR count). The molecule has 0 saturated heterocycles. The molecule has 0 radical (unpaired) electrons. The van der Waals surface area contributed by atoms with Crippen LogP contribution in [0.3, 0.4) is 0 Å². The molecule has 0 heterocycles. The topological polar surface area (TPSA) is 96.0 Å². The summed E-state index contributed by atoms with van der Waals surface area (Å²) in [6.07, 6.45) is 2.85. The van der Waals surface area contributed by atoms with Gasteiger partial charge in [0.15, 0.2) is 0 Å². The second-order valence-electron chi connectivity index (χ2n) is 9.17. The van der Waals surface area contributed by atoms with Crippen LogP contribution < -0.4 is 14.4 Å². The standard InChI is InChI=1S/C27H39N3O5S/c1-7-8-17-28-27(32)21(4)29(18-22-13-15-23(35-5)16-14-22)26(31)19-30(36(6,33)34)25-12-10-9-11-24(25)20(2)3/h9-16,20-21H,7-8,17-19H2,1-6H3,(H,28,32). The third-order valence-electron chi connectivity index (χ3n) is 6.02. The van der Waals surface area contributed by atoms with Gasteiger partial charge >= 0.3 is 0 Å². The lowest BCUT2D eigenvalue weighted by Gasteiger charge is -2.32. The number of para-hydroxylation sites is 1. The van der Waals surface area contributed by atoms with Crippen molar-refractivity contribution in [2.45, 2.75) is 59.0 Å². The quantitative estimate of drug-likeness (QED) is 0.406. The van der Waals surface area contributed by atoms with Crippen molar-refractivity contribution in [2.24, 2.45) is 0 Å². The summed E-state index contributed by atoms with van der Waals surface area (Å²) in [5.74, 6) is -0.0125. The molecule has 0 saturated carbocycles. The largest absolute Gasteiger partial charge is 0.497 e. The molecule has 1 N–H and O–H groups in total. The first-order valence-corrected chi connectivity index (χ1v) is 14.1. The summed E-state index contributed by atoms with van der Waals surface area (Å²) in [7, 11) is -2.21. The molecule has 1 atom stereocenters. The SMILES string of the molecule is CCCCNC(=O)C(C)N(Cc1ccc(OC)cc1)C(=O)CN(c1ccccc1C(C)C)S(C)(=O)=O. The van der Waals surface area contributed by atoms with E-state index in [2.05, 4.69) is 5.32 Å². The fourth-order valence-corrected chi connectivity index (χ4v) is 4.71. The first-order chi connectivity index (χ1) is 17.0. The average Bonchev–Trinajstić information content (AvgIpc) is 2.85. The number of hydrogen-bond acceptors (Lipinski definition) is 5. The lowest BCUT2D eigenvalue weighted by atomic mass is 10.0. The highest BCUT2D eigenvalue weighted by Gasteiger charge is 2.31. The van der Waals surface area contributed by atoms with Gasteiger partial charge in [0.1, 0.15) is 18.3 Å². The molecule has 2 aromatic carbocycles. The van der Waals surface area contributed by atoms with Crippen LogP contribution in [-0.2, 0) is 26.2 Å². The van der Waals surface area contributed by atoms with E-state index in [0.29, 0.717) is 18.0 Å². The monoisotopic (exact) mass is 517 g/mol. The Kier molecular flexibility index (Phi) is 10.8. The average molecular weight is 518 g/mol. The van der Waals surface area contributed by atoms with Crippen LogP contribution in [0.25, 0.3) is 0 Å². The lowest BCUT2D eigenvalue weighted by Crippen LogP contribution is -2.51. The van der Waals surface area contributed by atoms with Crippen LogP contribution in [0, 0.1) is 0 Å². The number of hydrogen-bond donors (Lipinski definition) is 1. The Morgan fingerprint density at radius 3 is 2.22 bits per heavy atom. The number of rotatable bonds is 13. The van der Waals surface area contributed by atoms with Crippen LogP contribution in [0.15, 0.2) is 48.5 Å². The number of ether oxygens (including phenoxy) is 1. The van der Waals surface area contributed by atoms with E-state index in [1.54, 1.807) is 38.3 Å². The molecule has 0 aliphatic heterocycles. The molecule has 0 aliphatic rings. The van der Waals surface area contributed by atoms with Gasteiger partial charge in [-0.2, -0.15) is 0 Å². The highest BCUT2D eigenvalue weighted by molar-refractivity contribution is 7.92. The Morgan fingerprint density at radius 2 is 1.67 bits per heavy atom. The van der Waals surface area contributed by atoms with Gasteiger partial charge in [-0.25, -0.2) is 8.42 Å². The number of methoxy groups -OCH3 is 1. The molecule has 1 unspecified atom stereocenters. The highest BCUT2D eigenvalue weighted by Crippen LogP contribution is 2.29. The van der Waals surface area contributed by atoms with Crippen molar-refractivity contribution >= 4 is 27.5 Å². The van der Waals surface area contributed by atoms with Gasteiger partial charge in [0.25, 0.3) is 0 Å². The summed E-state index contributed by atoms with van der Waals surface area (Å²) >= 11 is 0. The summed E-state index contributed by atoms with van der Waals surface area (Å²) in [6.45, 7) is 7.89. The van der Waals surface area contributed by atoms with Gasteiger partial charge in [-0.1, -0.05) is 57.5 Å². The maximum absolute atomic E-state index is 13.7. The van der Waals surface area contributed by atoms with Crippen molar-refractivity contribution in [3.8, 4) is 5.75 Å². The number of carbonyl (C=O) groups is 2. The number of anilines is 1. The van der Waals surface area contributed by atoms with E-state index in [4.69, 9.17) is 4.74 Å². The van der Waals surface area contributed by atoms with Gasteiger partial charge in [0, 0.05) is 13.1 Å². The number of amides is 2. The number of nitrogens with zero attached hydrogens (tertiary/aromatic N) is 2. The summed E-state index contributed by atoms with van der Waals surface area (Å²) in [6, 6.07) is 13.6. The molecule has 8 nitrogen and oxygen atoms in total. The molecule has 198 valence electrons. The lowest BCUT2D eigenvalue weighted by molar-refractivity contribution is -0.139. The second kappa shape index (κ2) is 13.3. The van der Waals surface area contributed by atoms with Crippen molar-refractivity contribution in [3.05, 3.63) is 59.7 Å². The maximum atomic E-state index is 13.7. The maximum Gasteiger partial charge on any atom is 0.244 e. The van der Waals surface area contributed by atoms with Crippen molar-refractivity contribution < 1.29 is 22.7 Å². The first kappa shape index (κ1) is 29.2. The molecule has 36 heavy (non-hydrogen) atoms. The van der Waals surface area contributed by atoms with Crippen LogP contribution in [0.4, 0.5) is 5.69 Å². The zero-order valence-corrected chi connectivity index (χ0v) is 23.0. The Labute approximate surface area is 215 Å². The van der Waals surface area contributed by atoms with Gasteiger partial charge in [0.2, 0.25) is 21.8 Å². The summed E-state index contributed by atoms with van der Waals surface area (Å²) in [5, 5.41) is 2.88. The zero-order valence-electron chi connectivity index (χ0n) is 22.2. The summed E-state index contributed by atoms with van der Waals surface area (Å²) < 4.78 is 32.0. The van der Waals surface area contributed by atoms with Gasteiger partial charge in [0.05, 0.1) is 19.1 Å². The van der Waals surface area contributed by atoms with Crippen LogP contribution in [0.2, 0.25) is 0 Å². The minimum atomic E-state index is -3.78. The van der Waals surface area contributed by atoms with E-state index in [0.717, 1.165) is 34.5 Å². The summed E-state index contributed by atoms with van der Waals surface area (Å²) in [5.41, 5.74) is 2.08. The van der Waals surface area contributed by atoms with E-state index < -0.39 is 28.5 Å². The Morgan fingerprint density at radius 1 is 1.03 bits per heavy atom. The fraction of sp³-hybridized carbons (Fsp3) is 0.481. The summed E-state index contributed by atoms with van der Waals surface area (Å²) in [4.78, 5) is 28.0. The van der Waals surface area contributed by atoms with Crippen LogP contribution in [-0.4, -0.2) is 57.6 Å². The molecule has 0 aliphatic carbocycles. The van der Waals surface area contributed by atoms with E-state index in [1.165, 1.54) is 4.90 Å². The van der Waals surface area contributed by atoms with Crippen molar-refractivity contribution in [1.29, 1.82) is 0 Å². The normalized spacial score (nSPS) is 12.2. The zero-order chi connectivity index (χ0) is 26.9. The van der Waals surface area contributed by atoms with Crippen molar-refractivity contribution in [3.63, 3.8) is 0 Å². The number of nitrogens with one attached hydrogen (secondary N) is 1. The molecule has 0 bridgehead atoms. The predicted octanol–water partition coefficient (Wildman–Crippen LogP) is 3.92. The molecular weight excluding hydrogens is 478 g/mol. The Balaban J connectivity index is 2.41. The molecule has 2 amide bonds. The second-order valence-corrected chi connectivity index (χ2v) is 11.1. The van der Waals surface area contributed by atoms with Gasteiger partial charge < -0.3 is 15.0 Å². The highest BCUT2D eigenvalue weighted by atomic mass is 32.2. The Bertz CT molecular complexity index is 1120. The molecule has 0 fully saturated rings. The van der Waals surface area contributed by atoms with Gasteiger partial charge in [-0.05, 0) is 48.6 Å². The minimum Gasteiger partial charge on any atom is -0.497 e.